The molecule has 4 N–H and O–H groups in total. The highest BCUT2D eigenvalue weighted by Gasteiger charge is 2.08. The molecule has 0 aliphatic heterocycles. The minimum Gasteiger partial charge on any atom is -0.493 e. The highest BCUT2D eigenvalue weighted by molar-refractivity contribution is 14.0. The third kappa shape index (κ3) is 7.08. The number of ether oxygens (including phenoxy) is 2. The van der Waals surface area contributed by atoms with Crippen LogP contribution in [-0.4, -0.2) is 39.2 Å². The van der Waals surface area contributed by atoms with Gasteiger partial charge in [-0.05, 0) is 29.8 Å². The number of aliphatic imine (C=N–C) groups is 1. The standard InChI is InChI=1S/C19H23ClN4O3.HI/c1-26-16-8-7-13(11-17(16)27-2)12-24-19(21)23-10-9-22-18(25)14-5-3-4-6-15(14)20;/h3-8,11H,9-10,12H2,1-2H3,(H,22,25)(H3,21,23,24);1H. The van der Waals surface area contributed by atoms with Crippen molar-refractivity contribution in [1.29, 1.82) is 0 Å². The molecule has 152 valence electrons. The lowest BCUT2D eigenvalue weighted by atomic mass is 10.2. The maximum absolute atomic E-state index is 12.0. The molecule has 2 aromatic rings. The number of nitrogens with zero attached hydrogens (tertiary/aromatic N) is 1. The molecule has 0 heterocycles. The van der Waals surface area contributed by atoms with Crippen molar-refractivity contribution in [3.05, 3.63) is 58.6 Å². The quantitative estimate of drug-likeness (QED) is 0.216. The zero-order valence-electron chi connectivity index (χ0n) is 15.7. The second-order valence-electron chi connectivity index (χ2n) is 5.55. The predicted octanol–water partition coefficient (Wildman–Crippen LogP) is 2.81. The number of carbonyl (C=O) groups excluding carboxylic acids is 1. The second-order valence-corrected chi connectivity index (χ2v) is 5.96. The summed E-state index contributed by atoms with van der Waals surface area (Å²) in [5.74, 6) is 1.35. The SMILES string of the molecule is COc1ccc(CN=C(N)NCCNC(=O)c2ccccc2Cl)cc1OC.I. The van der Waals surface area contributed by atoms with Gasteiger partial charge in [0.25, 0.3) is 5.91 Å². The first kappa shape index (κ1) is 23.8. The van der Waals surface area contributed by atoms with Gasteiger partial charge in [-0.25, -0.2) is 4.99 Å². The van der Waals surface area contributed by atoms with Crippen molar-refractivity contribution >= 4 is 47.4 Å². The Labute approximate surface area is 186 Å². The van der Waals surface area contributed by atoms with Crippen LogP contribution in [0.4, 0.5) is 0 Å². The van der Waals surface area contributed by atoms with Crippen molar-refractivity contribution in [3.8, 4) is 11.5 Å². The van der Waals surface area contributed by atoms with Crippen molar-refractivity contribution in [2.24, 2.45) is 10.7 Å². The molecule has 28 heavy (non-hydrogen) atoms. The third-order valence-electron chi connectivity index (χ3n) is 3.72. The van der Waals surface area contributed by atoms with Gasteiger partial charge in [0, 0.05) is 13.1 Å². The molecular weight excluding hydrogens is 495 g/mol. The van der Waals surface area contributed by atoms with Crippen LogP contribution in [0.3, 0.4) is 0 Å². The number of amides is 1. The molecule has 0 unspecified atom stereocenters. The van der Waals surface area contributed by atoms with Crippen LogP contribution in [0.15, 0.2) is 47.5 Å². The number of benzene rings is 2. The van der Waals surface area contributed by atoms with Crippen molar-refractivity contribution in [2.75, 3.05) is 27.3 Å². The Hall–Kier alpha value is -2.20. The topological polar surface area (TPSA) is 98.0 Å². The highest BCUT2D eigenvalue weighted by atomic mass is 127. The smallest absolute Gasteiger partial charge is 0.252 e. The number of halogens is 2. The summed E-state index contributed by atoms with van der Waals surface area (Å²) >= 11 is 5.99. The van der Waals surface area contributed by atoms with E-state index in [1.807, 2.05) is 18.2 Å². The van der Waals surface area contributed by atoms with E-state index in [4.69, 9.17) is 26.8 Å². The molecule has 2 rings (SSSR count). The molecule has 2 aromatic carbocycles. The van der Waals surface area contributed by atoms with Crippen LogP contribution in [0.25, 0.3) is 0 Å². The van der Waals surface area contributed by atoms with E-state index in [0.29, 0.717) is 41.7 Å². The maximum Gasteiger partial charge on any atom is 0.252 e. The fraction of sp³-hybridized carbons (Fsp3) is 0.263. The van der Waals surface area contributed by atoms with Crippen LogP contribution < -0.4 is 25.8 Å². The molecule has 0 saturated carbocycles. The average molecular weight is 519 g/mol. The molecular formula is C19H24ClIN4O3. The van der Waals surface area contributed by atoms with Crippen LogP contribution in [-0.2, 0) is 6.54 Å². The van der Waals surface area contributed by atoms with Crippen LogP contribution >= 0.6 is 35.6 Å². The lowest BCUT2D eigenvalue weighted by Crippen LogP contribution is -2.38. The number of carbonyl (C=O) groups is 1. The maximum atomic E-state index is 12.0. The van der Waals surface area contributed by atoms with Gasteiger partial charge in [0.1, 0.15) is 0 Å². The summed E-state index contributed by atoms with van der Waals surface area (Å²) in [7, 11) is 3.17. The number of hydrogen-bond donors (Lipinski definition) is 3. The van der Waals surface area contributed by atoms with Gasteiger partial charge in [0.15, 0.2) is 17.5 Å². The lowest BCUT2D eigenvalue weighted by Gasteiger charge is -2.10. The number of rotatable bonds is 8. The Balaban J connectivity index is 0.00000392. The average Bonchev–Trinajstić information content (AvgIpc) is 2.69. The van der Waals surface area contributed by atoms with Crippen molar-refractivity contribution in [2.45, 2.75) is 6.54 Å². The van der Waals surface area contributed by atoms with Crippen molar-refractivity contribution in [1.82, 2.24) is 10.6 Å². The van der Waals surface area contributed by atoms with Gasteiger partial charge in [-0.1, -0.05) is 29.8 Å². The molecule has 0 aliphatic carbocycles. The normalized spacial score (nSPS) is 10.6. The zero-order valence-corrected chi connectivity index (χ0v) is 18.8. The van der Waals surface area contributed by atoms with Crippen molar-refractivity contribution < 1.29 is 14.3 Å². The Morgan fingerprint density at radius 3 is 2.43 bits per heavy atom. The molecule has 0 saturated heterocycles. The molecule has 0 atom stereocenters. The molecule has 0 radical (unpaired) electrons. The van der Waals surface area contributed by atoms with Crippen LogP contribution in [0.5, 0.6) is 11.5 Å². The minimum absolute atomic E-state index is 0. The Morgan fingerprint density at radius 2 is 1.75 bits per heavy atom. The van der Waals surface area contributed by atoms with Crippen LogP contribution in [0, 0.1) is 0 Å². The third-order valence-corrected chi connectivity index (χ3v) is 4.04. The summed E-state index contributed by atoms with van der Waals surface area (Å²) in [6, 6.07) is 12.4. The minimum atomic E-state index is -0.233. The summed E-state index contributed by atoms with van der Waals surface area (Å²) in [6.45, 7) is 1.22. The Kier molecular flexibility index (Phi) is 10.5. The Bertz CT molecular complexity index is 818. The first-order valence-electron chi connectivity index (χ1n) is 8.32. The molecule has 9 heteroatoms. The first-order chi connectivity index (χ1) is 13.0. The van der Waals surface area contributed by atoms with Gasteiger partial charge < -0.3 is 25.8 Å². The van der Waals surface area contributed by atoms with Gasteiger partial charge in [0.2, 0.25) is 0 Å². The molecule has 0 aliphatic rings. The summed E-state index contributed by atoms with van der Waals surface area (Å²) in [5.41, 5.74) is 7.22. The fourth-order valence-corrected chi connectivity index (χ4v) is 2.54. The van der Waals surface area contributed by atoms with E-state index < -0.39 is 0 Å². The van der Waals surface area contributed by atoms with E-state index in [-0.39, 0.29) is 35.8 Å². The summed E-state index contributed by atoms with van der Waals surface area (Å²) < 4.78 is 10.5. The first-order valence-corrected chi connectivity index (χ1v) is 8.70. The van der Waals surface area contributed by atoms with Crippen LogP contribution in [0.1, 0.15) is 15.9 Å². The van der Waals surface area contributed by atoms with E-state index in [1.165, 1.54) is 0 Å². The van der Waals surface area contributed by atoms with E-state index in [9.17, 15) is 4.79 Å². The van der Waals surface area contributed by atoms with Crippen molar-refractivity contribution in [3.63, 3.8) is 0 Å². The number of nitrogens with two attached hydrogens (primary N) is 1. The van der Waals surface area contributed by atoms with E-state index in [2.05, 4.69) is 15.6 Å². The molecule has 0 aromatic heterocycles. The molecule has 7 nitrogen and oxygen atoms in total. The summed E-state index contributed by atoms with van der Waals surface area (Å²) in [6.07, 6.45) is 0. The summed E-state index contributed by atoms with van der Waals surface area (Å²) in [5, 5.41) is 6.14. The Morgan fingerprint density at radius 1 is 1.07 bits per heavy atom. The zero-order chi connectivity index (χ0) is 19.6. The van der Waals surface area contributed by atoms with Gasteiger partial charge in [0.05, 0.1) is 31.4 Å². The van der Waals surface area contributed by atoms with Gasteiger partial charge in [-0.15, -0.1) is 24.0 Å². The van der Waals surface area contributed by atoms with E-state index in [0.717, 1.165) is 5.56 Å². The second kappa shape index (κ2) is 12.3. The van der Waals surface area contributed by atoms with E-state index >= 15 is 0 Å². The van der Waals surface area contributed by atoms with Gasteiger partial charge in [-0.2, -0.15) is 0 Å². The number of hydrogen-bond acceptors (Lipinski definition) is 4. The fourth-order valence-electron chi connectivity index (χ4n) is 2.32. The highest BCUT2D eigenvalue weighted by Crippen LogP contribution is 2.27. The lowest BCUT2D eigenvalue weighted by molar-refractivity contribution is 0.0954. The molecule has 1 amide bonds. The predicted molar refractivity (Wildman–Crippen MR) is 122 cm³/mol. The largest absolute Gasteiger partial charge is 0.493 e. The monoisotopic (exact) mass is 518 g/mol. The molecule has 0 spiro atoms. The molecule has 0 bridgehead atoms. The van der Waals surface area contributed by atoms with E-state index in [1.54, 1.807) is 38.5 Å². The van der Waals surface area contributed by atoms with Gasteiger partial charge >= 0.3 is 0 Å². The number of methoxy groups -OCH3 is 2. The van der Waals surface area contributed by atoms with Crippen LogP contribution in [0.2, 0.25) is 5.02 Å². The molecule has 0 fully saturated rings. The summed E-state index contributed by atoms with van der Waals surface area (Å²) in [4.78, 5) is 16.3. The number of guanidine groups is 1. The number of nitrogens with one attached hydrogen (secondary N) is 2. The van der Waals surface area contributed by atoms with Gasteiger partial charge in [-0.3, -0.25) is 4.79 Å².